The molecule has 0 saturated heterocycles. The van der Waals surface area contributed by atoms with Crippen LogP contribution < -0.4 is 4.90 Å². The van der Waals surface area contributed by atoms with Gasteiger partial charge < -0.3 is 9.32 Å². The van der Waals surface area contributed by atoms with Crippen LogP contribution in [0.3, 0.4) is 0 Å². The molecule has 2 unspecified atom stereocenters. The van der Waals surface area contributed by atoms with Gasteiger partial charge in [0.15, 0.2) is 5.58 Å². The lowest BCUT2D eigenvalue weighted by Crippen LogP contribution is -2.32. The molecule has 5 heteroatoms. The highest BCUT2D eigenvalue weighted by molar-refractivity contribution is 6.15. The molecule has 0 radical (unpaired) electrons. The highest BCUT2D eigenvalue weighted by Gasteiger charge is 2.42. The molecule has 3 aromatic heterocycles. The maximum Gasteiger partial charge on any atom is 0.236 e. The molecule has 9 aromatic rings. The van der Waals surface area contributed by atoms with E-state index in [2.05, 4.69) is 137 Å². The summed E-state index contributed by atoms with van der Waals surface area (Å²) < 4.78 is 9.00. The Morgan fingerprint density at radius 3 is 2.22 bits per heavy atom. The lowest BCUT2D eigenvalue weighted by molar-refractivity contribution is 0.402. The number of para-hydroxylation sites is 2. The van der Waals surface area contributed by atoms with E-state index in [0.717, 1.165) is 44.0 Å². The third kappa shape index (κ3) is 3.87. The third-order valence-corrected chi connectivity index (χ3v) is 11.0. The standard InChI is InChI=1S/C44H32N4O/c1-3-13-27(14-4-1)39-43-40(35-25-28-15-7-8-16-29(28)26-38(35)49-43)46-44(45-39)48-37-22-12-10-20-32(37)34-24-23-33-31-19-9-11-21-36(31)47(41(33)42(34)48)30-17-5-2-6-18-30/h1-8,10,12-18,20,22-26,31,36H,9,11,19,21H2. The Kier molecular flexibility index (Phi) is 5.68. The first-order chi connectivity index (χ1) is 24.3. The van der Waals surface area contributed by atoms with Crippen molar-refractivity contribution in [2.45, 2.75) is 37.6 Å². The van der Waals surface area contributed by atoms with Gasteiger partial charge in [0.2, 0.25) is 5.95 Å². The molecule has 4 heterocycles. The molecule has 234 valence electrons. The van der Waals surface area contributed by atoms with E-state index in [0.29, 0.717) is 23.5 Å². The SMILES string of the molecule is c1ccc(-c2nc(-n3c4ccccc4c4ccc5c(c43)N(c3ccccc3)C3CCCCC53)nc3c2oc2cc4ccccc4cc23)cc1. The number of aromatic nitrogens is 3. The quantitative estimate of drug-likeness (QED) is 0.194. The van der Waals surface area contributed by atoms with Crippen LogP contribution in [0, 0.1) is 0 Å². The maximum absolute atomic E-state index is 6.66. The van der Waals surface area contributed by atoms with Crippen LogP contribution in [-0.4, -0.2) is 20.6 Å². The summed E-state index contributed by atoms with van der Waals surface area (Å²) >= 11 is 0. The second-order valence-electron chi connectivity index (χ2n) is 13.6. The van der Waals surface area contributed by atoms with Gasteiger partial charge in [-0.05, 0) is 59.5 Å². The van der Waals surface area contributed by atoms with Gasteiger partial charge in [-0.25, -0.2) is 9.97 Å². The normalized spacial score (nSPS) is 17.4. The number of rotatable bonds is 3. The number of nitrogens with zero attached hydrogens (tertiary/aromatic N) is 4. The summed E-state index contributed by atoms with van der Waals surface area (Å²) in [7, 11) is 0. The van der Waals surface area contributed by atoms with Crippen molar-refractivity contribution in [3.63, 3.8) is 0 Å². The number of benzene rings is 6. The molecular weight excluding hydrogens is 601 g/mol. The number of furan rings is 1. The number of hydrogen-bond acceptors (Lipinski definition) is 4. The third-order valence-electron chi connectivity index (χ3n) is 11.0. The van der Waals surface area contributed by atoms with Crippen molar-refractivity contribution in [1.29, 1.82) is 0 Å². The minimum Gasteiger partial charge on any atom is -0.452 e. The summed E-state index contributed by atoms with van der Waals surface area (Å²) in [5.74, 6) is 1.15. The number of fused-ring (bicyclic) bond motifs is 11. The van der Waals surface area contributed by atoms with E-state index < -0.39 is 0 Å². The van der Waals surface area contributed by atoms with E-state index in [1.54, 1.807) is 0 Å². The van der Waals surface area contributed by atoms with E-state index in [1.807, 2.05) is 6.07 Å². The zero-order valence-corrected chi connectivity index (χ0v) is 26.9. The number of hydrogen-bond donors (Lipinski definition) is 0. The Labute approximate surface area is 283 Å². The summed E-state index contributed by atoms with van der Waals surface area (Å²) in [6.45, 7) is 0. The van der Waals surface area contributed by atoms with Gasteiger partial charge in [0, 0.05) is 39.4 Å². The monoisotopic (exact) mass is 632 g/mol. The van der Waals surface area contributed by atoms with Crippen molar-refractivity contribution in [1.82, 2.24) is 14.5 Å². The topological polar surface area (TPSA) is 47.1 Å². The predicted molar refractivity (Wildman–Crippen MR) is 200 cm³/mol. The van der Waals surface area contributed by atoms with Crippen LogP contribution in [-0.2, 0) is 0 Å². The summed E-state index contributed by atoms with van der Waals surface area (Å²) in [4.78, 5) is 13.5. The van der Waals surface area contributed by atoms with E-state index in [-0.39, 0.29) is 0 Å². The fraction of sp³-hybridized carbons (Fsp3) is 0.136. The van der Waals surface area contributed by atoms with Crippen LogP contribution in [0.1, 0.15) is 37.2 Å². The molecule has 0 N–H and O–H groups in total. The molecule has 11 rings (SSSR count). The maximum atomic E-state index is 6.66. The van der Waals surface area contributed by atoms with Gasteiger partial charge in [0.1, 0.15) is 16.8 Å². The highest BCUT2D eigenvalue weighted by Crippen LogP contribution is 2.55. The van der Waals surface area contributed by atoms with Gasteiger partial charge in [-0.3, -0.25) is 4.57 Å². The molecule has 2 aliphatic rings. The molecule has 5 nitrogen and oxygen atoms in total. The molecule has 1 fully saturated rings. The average Bonchev–Trinajstić information content (AvgIpc) is 3.81. The largest absolute Gasteiger partial charge is 0.452 e. The Balaban J connectivity index is 1.28. The van der Waals surface area contributed by atoms with Crippen molar-refractivity contribution >= 4 is 66.0 Å². The minimum atomic E-state index is 0.428. The molecule has 1 saturated carbocycles. The Morgan fingerprint density at radius 2 is 1.37 bits per heavy atom. The minimum absolute atomic E-state index is 0.428. The molecule has 6 aromatic carbocycles. The fourth-order valence-electron chi connectivity index (χ4n) is 8.88. The zero-order chi connectivity index (χ0) is 32.1. The predicted octanol–water partition coefficient (Wildman–Crippen LogP) is 11.5. The van der Waals surface area contributed by atoms with Gasteiger partial charge in [-0.15, -0.1) is 0 Å². The molecule has 1 aliphatic carbocycles. The molecular formula is C44H32N4O. The molecule has 0 spiro atoms. The molecule has 0 amide bonds. The Morgan fingerprint density at radius 1 is 0.633 bits per heavy atom. The van der Waals surface area contributed by atoms with Crippen LogP contribution in [0.25, 0.3) is 71.9 Å². The van der Waals surface area contributed by atoms with E-state index in [9.17, 15) is 0 Å². The lowest BCUT2D eigenvalue weighted by Gasteiger charge is -2.33. The van der Waals surface area contributed by atoms with Crippen molar-refractivity contribution in [3.05, 3.63) is 139 Å². The lowest BCUT2D eigenvalue weighted by atomic mass is 9.82. The van der Waals surface area contributed by atoms with Gasteiger partial charge in [-0.2, -0.15) is 0 Å². The zero-order valence-electron chi connectivity index (χ0n) is 26.9. The molecule has 0 bridgehead atoms. The summed E-state index contributed by atoms with van der Waals surface area (Å²) in [6.07, 6.45) is 4.92. The highest BCUT2D eigenvalue weighted by atomic mass is 16.3. The van der Waals surface area contributed by atoms with E-state index >= 15 is 0 Å². The van der Waals surface area contributed by atoms with Crippen LogP contribution in [0.5, 0.6) is 0 Å². The van der Waals surface area contributed by atoms with Gasteiger partial charge in [0.05, 0.1) is 16.7 Å². The summed E-state index contributed by atoms with van der Waals surface area (Å²) in [5.41, 5.74) is 10.4. The Hall–Kier alpha value is -5.94. The second kappa shape index (κ2) is 10.3. The number of anilines is 2. The van der Waals surface area contributed by atoms with Crippen molar-refractivity contribution < 1.29 is 4.42 Å². The van der Waals surface area contributed by atoms with Crippen molar-refractivity contribution in [3.8, 4) is 17.2 Å². The van der Waals surface area contributed by atoms with Crippen molar-refractivity contribution in [2.24, 2.45) is 0 Å². The smallest absolute Gasteiger partial charge is 0.236 e. The van der Waals surface area contributed by atoms with Crippen LogP contribution in [0.4, 0.5) is 11.4 Å². The van der Waals surface area contributed by atoms with Crippen LogP contribution >= 0.6 is 0 Å². The Bertz CT molecular complexity index is 2740. The molecule has 49 heavy (non-hydrogen) atoms. The summed E-state index contributed by atoms with van der Waals surface area (Å²) in [5, 5.41) is 5.73. The average molecular weight is 633 g/mol. The van der Waals surface area contributed by atoms with Crippen molar-refractivity contribution in [2.75, 3.05) is 4.90 Å². The first kappa shape index (κ1) is 27.1. The van der Waals surface area contributed by atoms with E-state index in [1.165, 1.54) is 58.9 Å². The van der Waals surface area contributed by atoms with Gasteiger partial charge in [0.25, 0.3) is 0 Å². The van der Waals surface area contributed by atoms with Crippen LogP contribution in [0.15, 0.2) is 138 Å². The molecule has 2 atom stereocenters. The second-order valence-corrected chi connectivity index (χ2v) is 13.6. The van der Waals surface area contributed by atoms with E-state index in [4.69, 9.17) is 14.4 Å². The fourth-order valence-corrected chi connectivity index (χ4v) is 8.88. The first-order valence-electron chi connectivity index (χ1n) is 17.4. The van der Waals surface area contributed by atoms with Gasteiger partial charge >= 0.3 is 0 Å². The van der Waals surface area contributed by atoms with Crippen LogP contribution in [0.2, 0.25) is 0 Å². The summed E-state index contributed by atoms with van der Waals surface area (Å²) in [6, 6.07) is 48.1. The van der Waals surface area contributed by atoms with Gasteiger partial charge in [-0.1, -0.05) is 116 Å². The molecule has 1 aliphatic heterocycles. The first-order valence-corrected chi connectivity index (χ1v) is 17.4.